The first-order valence-electron chi connectivity index (χ1n) is 5.26. The van der Waals surface area contributed by atoms with Gasteiger partial charge in [0.2, 0.25) is 0 Å². The molecule has 1 fully saturated rings. The smallest absolute Gasteiger partial charge is 0.381 e. The molecule has 0 heterocycles. The van der Waals surface area contributed by atoms with E-state index in [1.54, 1.807) is 0 Å². The number of alkyl halides is 3. The van der Waals surface area contributed by atoms with Crippen LogP contribution in [0.4, 0.5) is 13.2 Å². The zero-order valence-electron chi connectivity index (χ0n) is 9.41. The lowest BCUT2D eigenvalue weighted by Gasteiger charge is -2.55. The summed E-state index contributed by atoms with van der Waals surface area (Å²) in [6.45, 7) is 3.84. The number of hydrogen-bond acceptors (Lipinski definition) is 3. The summed E-state index contributed by atoms with van der Waals surface area (Å²) in [5.74, 6) is 0.140. The summed E-state index contributed by atoms with van der Waals surface area (Å²) in [5.41, 5.74) is -5.54. The molecule has 0 amide bonds. The lowest BCUT2D eigenvalue weighted by Crippen LogP contribution is -2.49. The van der Waals surface area contributed by atoms with Crippen LogP contribution in [-0.2, 0) is 14.3 Å². The molecule has 0 radical (unpaired) electrons. The van der Waals surface area contributed by atoms with Gasteiger partial charge in [-0.15, -0.1) is 0 Å². The van der Waals surface area contributed by atoms with Gasteiger partial charge in [0, 0.05) is 5.92 Å². The second-order valence-corrected chi connectivity index (χ2v) is 6.67. The van der Waals surface area contributed by atoms with Gasteiger partial charge in [0.1, 0.15) is 5.76 Å². The highest BCUT2D eigenvalue weighted by Crippen LogP contribution is 2.59. The largest absolute Gasteiger partial charge is 0.534 e. The Bertz CT molecular complexity index is 462. The number of halogens is 3. The van der Waals surface area contributed by atoms with E-state index < -0.39 is 15.6 Å². The average molecular weight is 270 g/mol. The molecule has 0 aromatic carbocycles. The molecular formula is C10H13F3O3S. The van der Waals surface area contributed by atoms with E-state index in [1.807, 2.05) is 13.8 Å². The van der Waals surface area contributed by atoms with Crippen LogP contribution in [0.15, 0.2) is 11.8 Å². The molecule has 0 saturated heterocycles. The minimum atomic E-state index is -5.52. The third kappa shape index (κ3) is 1.84. The topological polar surface area (TPSA) is 43.4 Å². The number of fused-ring (bicyclic) bond motifs is 1. The molecule has 98 valence electrons. The van der Waals surface area contributed by atoms with Gasteiger partial charge in [0.15, 0.2) is 0 Å². The van der Waals surface area contributed by atoms with Crippen molar-refractivity contribution in [2.45, 2.75) is 32.2 Å². The Morgan fingerprint density at radius 2 is 2.00 bits per heavy atom. The van der Waals surface area contributed by atoms with Gasteiger partial charge in [0.25, 0.3) is 0 Å². The summed E-state index contributed by atoms with van der Waals surface area (Å²) in [7, 11) is -5.52. The van der Waals surface area contributed by atoms with E-state index in [2.05, 4.69) is 4.18 Å². The lowest BCUT2D eigenvalue weighted by molar-refractivity contribution is -0.0611. The number of hydrogen-bond donors (Lipinski definition) is 0. The minimum Gasteiger partial charge on any atom is -0.381 e. The standard InChI is InChI=1S/C10H13F3O3S/c1-9(2)6-3-4-8(7(9)5-6)16-17(14,15)10(11,12)13/h4,6-7H,3,5H2,1-2H3/t6-,7-/m0/s1. The van der Waals surface area contributed by atoms with Crippen LogP contribution in [0.3, 0.4) is 0 Å². The van der Waals surface area contributed by atoms with Crippen molar-refractivity contribution in [3.63, 3.8) is 0 Å². The third-order valence-corrected chi connectivity index (χ3v) is 4.89. The molecule has 0 unspecified atom stereocenters. The van der Waals surface area contributed by atoms with Crippen LogP contribution in [0.25, 0.3) is 0 Å². The van der Waals surface area contributed by atoms with Crippen molar-refractivity contribution in [3.05, 3.63) is 11.8 Å². The Morgan fingerprint density at radius 1 is 1.41 bits per heavy atom. The number of allylic oxidation sites excluding steroid dienone is 2. The fraction of sp³-hybridized carbons (Fsp3) is 0.800. The van der Waals surface area contributed by atoms with E-state index in [1.165, 1.54) is 6.08 Å². The van der Waals surface area contributed by atoms with Crippen LogP contribution >= 0.6 is 0 Å². The van der Waals surface area contributed by atoms with Crippen LogP contribution in [0.2, 0.25) is 0 Å². The first-order chi connectivity index (χ1) is 7.56. The van der Waals surface area contributed by atoms with Crippen molar-refractivity contribution in [1.82, 2.24) is 0 Å². The SMILES string of the molecule is CC1(C)[C@H]2CC=C(OS(=O)(=O)C(F)(F)F)[C@@H]1C2. The van der Waals surface area contributed by atoms with Crippen LogP contribution in [0.1, 0.15) is 26.7 Å². The first kappa shape index (κ1) is 12.7. The van der Waals surface area contributed by atoms with Crippen molar-refractivity contribution in [2.75, 3.05) is 0 Å². The maximum atomic E-state index is 12.2. The fourth-order valence-electron chi connectivity index (χ4n) is 2.57. The highest BCUT2D eigenvalue weighted by Gasteiger charge is 2.56. The van der Waals surface area contributed by atoms with Gasteiger partial charge in [-0.3, -0.25) is 0 Å². The van der Waals surface area contributed by atoms with Crippen molar-refractivity contribution in [3.8, 4) is 0 Å². The summed E-state index contributed by atoms with van der Waals surface area (Å²) in [4.78, 5) is 0. The summed E-state index contributed by atoms with van der Waals surface area (Å²) >= 11 is 0. The summed E-state index contributed by atoms with van der Waals surface area (Å²) < 4.78 is 62.6. The van der Waals surface area contributed by atoms with Crippen LogP contribution in [0, 0.1) is 17.3 Å². The molecule has 0 aromatic heterocycles. The monoisotopic (exact) mass is 270 g/mol. The quantitative estimate of drug-likeness (QED) is 0.572. The lowest BCUT2D eigenvalue weighted by atomic mass is 9.50. The van der Waals surface area contributed by atoms with Gasteiger partial charge in [-0.25, -0.2) is 0 Å². The van der Waals surface area contributed by atoms with Gasteiger partial charge in [0.05, 0.1) is 0 Å². The van der Waals surface area contributed by atoms with Crippen molar-refractivity contribution in [2.24, 2.45) is 17.3 Å². The second-order valence-electron chi connectivity index (χ2n) is 5.13. The van der Waals surface area contributed by atoms with E-state index in [4.69, 9.17) is 0 Å². The third-order valence-electron chi connectivity index (χ3n) is 3.91. The molecule has 2 atom stereocenters. The van der Waals surface area contributed by atoms with Crippen molar-refractivity contribution in [1.29, 1.82) is 0 Å². The summed E-state index contributed by atoms with van der Waals surface area (Å²) in [6.07, 6.45) is 2.74. The highest BCUT2D eigenvalue weighted by molar-refractivity contribution is 7.87. The van der Waals surface area contributed by atoms with E-state index in [9.17, 15) is 21.6 Å². The summed E-state index contributed by atoms with van der Waals surface area (Å²) in [6, 6.07) is 0. The zero-order valence-corrected chi connectivity index (χ0v) is 10.2. The molecule has 3 rings (SSSR count). The van der Waals surface area contributed by atoms with Crippen LogP contribution < -0.4 is 0 Å². The molecular weight excluding hydrogens is 257 g/mol. The van der Waals surface area contributed by atoms with Crippen LogP contribution in [0.5, 0.6) is 0 Å². The fourth-order valence-corrected chi connectivity index (χ4v) is 3.10. The van der Waals surface area contributed by atoms with Crippen LogP contribution in [-0.4, -0.2) is 13.9 Å². The Morgan fingerprint density at radius 3 is 2.41 bits per heavy atom. The zero-order chi connectivity index (χ0) is 13.1. The molecule has 7 heteroatoms. The minimum absolute atomic E-state index is 0.0465. The Labute approximate surface area is 97.8 Å². The molecule has 2 bridgehead atoms. The maximum absolute atomic E-state index is 12.2. The van der Waals surface area contributed by atoms with E-state index in [0.29, 0.717) is 18.8 Å². The van der Waals surface area contributed by atoms with Gasteiger partial charge in [-0.05, 0) is 30.3 Å². The van der Waals surface area contributed by atoms with Gasteiger partial charge >= 0.3 is 15.6 Å². The molecule has 17 heavy (non-hydrogen) atoms. The van der Waals surface area contributed by atoms with E-state index >= 15 is 0 Å². The Hall–Kier alpha value is -0.720. The predicted octanol–water partition coefficient (Wildman–Crippen LogP) is 2.80. The molecule has 0 aliphatic heterocycles. The molecule has 1 saturated carbocycles. The van der Waals surface area contributed by atoms with Crippen molar-refractivity contribution < 1.29 is 25.8 Å². The van der Waals surface area contributed by atoms with E-state index in [-0.39, 0.29) is 17.1 Å². The van der Waals surface area contributed by atoms with Gasteiger partial charge in [-0.1, -0.05) is 13.8 Å². The first-order valence-corrected chi connectivity index (χ1v) is 6.67. The average Bonchev–Trinajstić information content (AvgIpc) is 2.15. The normalized spacial score (nSPS) is 31.5. The maximum Gasteiger partial charge on any atom is 0.534 e. The number of rotatable bonds is 2. The van der Waals surface area contributed by atoms with E-state index in [0.717, 1.165) is 0 Å². The Kier molecular flexibility index (Phi) is 2.54. The Balaban J connectivity index is 2.20. The molecule has 0 spiro atoms. The van der Waals surface area contributed by atoms with Gasteiger partial charge in [-0.2, -0.15) is 21.6 Å². The second kappa shape index (κ2) is 3.40. The predicted molar refractivity (Wildman–Crippen MR) is 54.1 cm³/mol. The molecule has 0 aromatic rings. The van der Waals surface area contributed by atoms with Gasteiger partial charge < -0.3 is 4.18 Å². The highest BCUT2D eigenvalue weighted by atomic mass is 32.2. The molecule has 3 nitrogen and oxygen atoms in total. The summed E-state index contributed by atoms with van der Waals surface area (Å²) in [5, 5.41) is 0. The molecule has 0 N–H and O–H groups in total. The van der Waals surface area contributed by atoms with Crippen molar-refractivity contribution >= 4 is 10.1 Å². The molecule has 3 aliphatic carbocycles. The molecule has 3 aliphatic rings.